The van der Waals surface area contributed by atoms with E-state index >= 15 is 0 Å². The zero-order valence-electron chi connectivity index (χ0n) is 16.4. The van der Waals surface area contributed by atoms with Gasteiger partial charge in [-0.2, -0.15) is 0 Å². The number of anilines is 1. The molecule has 7 heteroatoms. The van der Waals surface area contributed by atoms with Gasteiger partial charge in [-0.15, -0.1) is 11.3 Å². The molecule has 1 aromatic carbocycles. The predicted octanol–water partition coefficient (Wildman–Crippen LogP) is 4.73. The number of urea groups is 1. The van der Waals surface area contributed by atoms with Crippen molar-refractivity contribution < 1.29 is 9.53 Å². The zero-order chi connectivity index (χ0) is 20.1. The maximum Gasteiger partial charge on any atom is 0.322 e. The Labute approximate surface area is 174 Å². The van der Waals surface area contributed by atoms with Crippen LogP contribution in [0, 0.1) is 6.92 Å². The van der Waals surface area contributed by atoms with Crippen molar-refractivity contribution in [1.82, 2.24) is 14.9 Å². The Hall–Kier alpha value is -2.77. The Morgan fingerprint density at radius 2 is 2.28 bits per heavy atom. The first-order valence-electron chi connectivity index (χ1n) is 9.76. The molecule has 4 rings (SSSR count). The molecule has 3 aromatic rings. The number of benzene rings is 1. The van der Waals surface area contributed by atoms with Crippen LogP contribution in [0.1, 0.15) is 23.4 Å². The molecule has 0 saturated carbocycles. The lowest BCUT2D eigenvalue weighted by molar-refractivity contribution is 0.0819. The van der Waals surface area contributed by atoms with Gasteiger partial charge in [0.05, 0.1) is 16.8 Å². The molecule has 0 bridgehead atoms. The number of aryl methyl sites for hydroxylation is 1. The molecule has 1 saturated heterocycles. The number of rotatable bonds is 6. The first kappa shape index (κ1) is 19.5. The van der Waals surface area contributed by atoms with Gasteiger partial charge in [0.2, 0.25) is 0 Å². The topological polar surface area (TPSA) is 67.4 Å². The van der Waals surface area contributed by atoms with Crippen LogP contribution < -0.4 is 5.32 Å². The van der Waals surface area contributed by atoms with Crippen LogP contribution in [-0.2, 0) is 11.3 Å². The van der Waals surface area contributed by atoms with E-state index in [0.717, 1.165) is 47.0 Å². The zero-order valence-corrected chi connectivity index (χ0v) is 17.2. The van der Waals surface area contributed by atoms with Gasteiger partial charge in [-0.25, -0.2) is 9.78 Å². The molecule has 6 nitrogen and oxygen atoms in total. The molecular weight excluding hydrogens is 384 g/mol. The molecule has 1 fully saturated rings. The maximum atomic E-state index is 13.1. The molecule has 0 radical (unpaired) electrons. The molecular formula is C22H24N4O2S. The highest BCUT2D eigenvalue weighted by molar-refractivity contribution is 7.09. The summed E-state index contributed by atoms with van der Waals surface area (Å²) in [6, 6.07) is 11.5. The average molecular weight is 409 g/mol. The third-order valence-electron chi connectivity index (χ3n) is 4.86. The largest absolute Gasteiger partial charge is 0.376 e. The third kappa shape index (κ3) is 5.19. The fourth-order valence-electron chi connectivity index (χ4n) is 3.42. The Morgan fingerprint density at radius 3 is 3.00 bits per heavy atom. The standard InChI is InChI=1S/C22H24N4O2S/c1-16-24-21(15-29-16)18-6-2-7-19(11-18)25-22(27)26(14-20-8-4-10-28-20)13-17-5-3-9-23-12-17/h2-3,5-7,9,11-12,15,20H,4,8,10,13-14H2,1H3,(H,25,27). The van der Waals surface area contributed by atoms with Crippen LogP contribution in [-0.4, -0.2) is 40.2 Å². The average Bonchev–Trinajstić information content (AvgIpc) is 3.40. The van der Waals surface area contributed by atoms with Crippen molar-refractivity contribution >= 4 is 23.1 Å². The molecule has 1 N–H and O–H groups in total. The molecule has 1 atom stereocenters. The summed E-state index contributed by atoms with van der Waals surface area (Å²) in [4.78, 5) is 23.6. The predicted molar refractivity (Wildman–Crippen MR) is 115 cm³/mol. The second kappa shape index (κ2) is 9.15. The van der Waals surface area contributed by atoms with E-state index in [-0.39, 0.29) is 12.1 Å². The molecule has 150 valence electrons. The van der Waals surface area contributed by atoms with E-state index in [1.54, 1.807) is 28.6 Å². The van der Waals surface area contributed by atoms with Crippen LogP contribution in [0.15, 0.2) is 54.2 Å². The number of hydrogen-bond acceptors (Lipinski definition) is 5. The molecule has 29 heavy (non-hydrogen) atoms. The van der Waals surface area contributed by atoms with E-state index in [2.05, 4.69) is 15.3 Å². The van der Waals surface area contributed by atoms with Gasteiger partial charge in [0.15, 0.2) is 0 Å². The molecule has 1 aliphatic heterocycles. The number of carbonyl (C=O) groups is 1. The summed E-state index contributed by atoms with van der Waals surface area (Å²) < 4.78 is 5.76. The lowest BCUT2D eigenvalue weighted by Crippen LogP contribution is -2.39. The van der Waals surface area contributed by atoms with Crippen LogP contribution in [0.25, 0.3) is 11.3 Å². The highest BCUT2D eigenvalue weighted by Crippen LogP contribution is 2.24. The fraction of sp³-hybridized carbons (Fsp3) is 0.318. The lowest BCUT2D eigenvalue weighted by Gasteiger charge is -2.26. The minimum Gasteiger partial charge on any atom is -0.376 e. The quantitative estimate of drug-likeness (QED) is 0.640. The number of carbonyl (C=O) groups excluding carboxylic acids is 1. The Balaban J connectivity index is 1.49. The van der Waals surface area contributed by atoms with Crippen molar-refractivity contribution in [3.63, 3.8) is 0 Å². The summed E-state index contributed by atoms with van der Waals surface area (Å²) in [5.41, 5.74) is 3.66. The van der Waals surface area contributed by atoms with Gasteiger partial charge in [0.1, 0.15) is 0 Å². The van der Waals surface area contributed by atoms with Gasteiger partial charge in [-0.1, -0.05) is 18.2 Å². The van der Waals surface area contributed by atoms with Gasteiger partial charge in [0, 0.05) is 48.7 Å². The van der Waals surface area contributed by atoms with E-state index in [9.17, 15) is 4.79 Å². The van der Waals surface area contributed by atoms with Gasteiger partial charge in [-0.05, 0) is 43.5 Å². The minimum atomic E-state index is -0.143. The molecule has 0 aliphatic carbocycles. The first-order valence-corrected chi connectivity index (χ1v) is 10.6. The summed E-state index contributed by atoms with van der Waals surface area (Å²) >= 11 is 1.62. The van der Waals surface area contributed by atoms with Gasteiger partial charge in [-0.3, -0.25) is 4.98 Å². The van der Waals surface area contributed by atoms with Crippen LogP contribution in [0.4, 0.5) is 10.5 Å². The van der Waals surface area contributed by atoms with E-state index in [4.69, 9.17) is 4.74 Å². The minimum absolute atomic E-state index is 0.0849. The lowest BCUT2D eigenvalue weighted by atomic mass is 10.1. The van der Waals surface area contributed by atoms with Crippen molar-refractivity contribution in [2.45, 2.75) is 32.4 Å². The Bertz CT molecular complexity index is 954. The molecule has 2 amide bonds. The highest BCUT2D eigenvalue weighted by Gasteiger charge is 2.23. The van der Waals surface area contributed by atoms with Crippen molar-refractivity contribution in [2.24, 2.45) is 0 Å². The summed E-state index contributed by atoms with van der Waals surface area (Å²) in [5, 5.41) is 6.09. The highest BCUT2D eigenvalue weighted by atomic mass is 32.1. The summed E-state index contributed by atoms with van der Waals surface area (Å²) in [7, 11) is 0. The monoisotopic (exact) mass is 408 g/mol. The van der Waals surface area contributed by atoms with Crippen molar-refractivity contribution in [2.75, 3.05) is 18.5 Å². The molecule has 1 unspecified atom stereocenters. The summed E-state index contributed by atoms with van der Waals surface area (Å²) in [5.74, 6) is 0. The van der Waals surface area contributed by atoms with E-state index in [1.807, 2.05) is 48.7 Å². The summed E-state index contributed by atoms with van der Waals surface area (Å²) in [6.07, 6.45) is 5.64. The van der Waals surface area contributed by atoms with Crippen molar-refractivity contribution in [1.29, 1.82) is 0 Å². The summed E-state index contributed by atoms with van der Waals surface area (Å²) in [6.45, 7) is 3.81. The smallest absolute Gasteiger partial charge is 0.322 e. The van der Waals surface area contributed by atoms with E-state index in [1.165, 1.54) is 0 Å². The Morgan fingerprint density at radius 1 is 1.34 bits per heavy atom. The second-order valence-electron chi connectivity index (χ2n) is 7.14. The fourth-order valence-corrected chi connectivity index (χ4v) is 4.04. The SMILES string of the molecule is Cc1nc(-c2cccc(NC(=O)N(Cc3cccnc3)CC3CCCO3)c2)cs1. The molecule has 3 heterocycles. The normalized spacial score (nSPS) is 16.0. The van der Waals surface area contributed by atoms with Crippen molar-refractivity contribution in [3.8, 4) is 11.3 Å². The second-order valence-corrected chi connectivity index (χ2v) is 8.20. The van der Waals surface area contributed by atoms with Crippen LogP contribution in [0.5, 0.6) is 0 Å². The number of pyridine rings is 1. The van der Waals surface area contributed by atoms with Crippen LogP contribution >= 0.6 is 11.3 Å². The molecule has 1 aliphatic rings. The number of aromatic nitrogens is 2. The van der Waals surface area contributed by atoms with Gasteiger partial charge in [0.25, 0.3) is 0 Å². The number of nitrogens with zero attached hydrogens (tertiary/aromatic N) is 3. The maximum absolute atomic E-state index is 13.1. The van der Waals surface area contributed by atoms with Crippen molar-refractivity contribution in [3.05, 3.63) is 64.7 Å². The number of ether oxygens (including phenoxy) is 1. The number of thiazole rings is 1. The number of amides is 2. The van der Waals surface area contributed by atoms with Gasteiger partial charge >= 0.3 is 6.03 Å². The first-order chi connectivity index (χ1) is 14.2. The number of nitrogens with one attached hydrogen (secondary N) is 1. The molecule has 2 aromatic heterocycles. The number of hydrogen-bond donors (Lipinski definition) is 1. The van der Waals surface area contributed by atoms with E-state index < -0.39 is 0 Å². The molecule has 0 spiro atoms. The van der Waals surface area contributed by atoms with Crippen LogP contribution in [0.3, 0.4) is 0 Å². The van der Waals surface area contributed by atoms with Gasteiger partial charge < -0.3 is 15.0 Å². The third-order valence-corrected chi connectivity index (χ3v) is 5.63. The Kier molecular flexibility index (Phi) is 6.17. The van der Waals surface area contributed by atoms with E-state index in [0.29, 0.717) is 13.1 Å². The van der Waals surface area contributed by atoms with Crippen LogP contribution in [0.2, 0.25) is 0 Å².